The van der Waals surface area contributed by atoms with Crippen LogP contribution in [-0.2, 0) is 4.74 Å². The number of ether oxygens (including phenoxy) is 1. The molecule has 0 radical (unpaired) electrons. The van der Waals surface area contributed by atoms with Gasteiger partial charge in [0.15, 0.2) is 0 Å². The molecule has 0 unspecified atom stereocenters. The summed E-state index contributed by atoms with van der Waals surface area (Å²) in [4.78, 5) is 14.1. The van der Waals surface area contributed by atoms with Crippen molar-refractivity contribution in [1.82, 2.24) is 4.90 Å². The number of piperidine rings is 1. The maximum atomic E-state index is 13.2. The number of rotatable bonds is 3. The number of amides is 1. The summed E-state index contributed by atoms with van der Waals surface area (Å²) in [5.41, 5.74) is 1.09. The van der Waals surface area contributed by atoms with Crippen LogP contribution in [0.15, 0.2) is 18.2 Å². The lowest BCUT2D eigenvalue weighted by molar-refractivity contribution is 0.0613. The molecule has 104 valence electrons. The first-order valence-electron chi connectivity index (χ1n) is 6.66. The molecular formula is C15H20FNO2. The molecule has 1 amide bonds. The molecule has 0 atom stereocenters. The second-order valence-corrected chi connectivity index (χ2v) is 5.15. The van der Waals surface area contributed by atoms with Crippen molar-refractivity contribution in [1.29, 1.82) is 0 Å². The van der Waals surface area contributed by atoms with Crippen molar-refractivity contribution in [2.45, 2.75) is 19.8 Å². The molecule has 0 N–H and O–H groups in total. The molecule has 1 saturated heterocycles. The van der Waals surface area contributed by atoms with Crippen molar-refractivity contribution < 1.29 is 13.9 Å². The lowest BCUT2D eigenvalue weighted by atomic mass is 9.97. The predicted octanol–water partition coefficient (Wildman–Crippen LogP) is 2.63. The molecule has 0 bridgehead atoms. The Kier molecular flexibility index (Phi) is 4.53. The molecule has 0 aromatic heterocycles. The van der Waals surface area contributed by atoms with E-state index in [4.69, 9.17) is 4.74 Å². The molecule has 1 aliphatic heterocycles. The second-order valence-electron chi connectivity index (χ2n) is 5.15. The molecule has 1 heterocycles. The van der Waals surface area contributed by atoms with Crippen LogP contribution in [0.5, 0.6) is 0 Å². The Balaban J connectivity index is 1.99. The van der Waals surface area contributed by atoms with Gasteiger partial charge in [-0.1, -0.05) is 0 Å². The van der Waals surface area contributed by atoms with Crippen LogP contribution >= 0.6 is 0 Å². The van der Waals surface area contributed by atoms with E-state index in [1.54, 1.807) is 26.2 Å². The summed E-state index contributed by atoms with van der Waals surface area (Å²) in [6, 6.07) is 4.55. The Morgan fingerprint density at radius 3 is 2.68 bits per heavy atom. The highest BCUT2D eigenvalue weighted by Gasteiger charge is 2.23. The highest BCUT2D eigenvalue weighted by atomic mass is 19.1. The Morgan fingerprint density at radius 2 is 2.11 bits per heavy atom. The minimum Gasteiger partial charge on any atom is -0.384 e. The molecule has 0 spiro atoms. The van der Waals surface area contributed by atoms with E-state index in [2.05, 4.69) is 0 Å². The molecule has 1 fully saturated rings. The zero-order valence-electron chi connectivity index (χ0n) is 11.5. The van der Waals surface area contributed by atoms with Crippen molar-refractivity contribution in [3.05, 3.63) is 35.1 Å². The lowest BCUT2D eigenvalue weighted by Gasteiger charge is -2.31. The van der Waals surface area contributed by atoms with Gasteiger partial charge in [-0.2, -0.15) is 0 Å². The van der Waals surface area contributed by atoms with Gasteiger partial charge < -0.3 is 9.64 Å². The maximum absolute atomic E-state index is 13.2. The predicted molar refractivity (Wildman–Crippen MR) is 71.6 cm³/mol. The van der Waals surface area contributed by atoms with Crippen molar-refractivity contribution >= 4 is 5.91 Å². The number of nitrogens with zero attached hydrogens (tertiary/aromatic N) is 1. The van der Waals surface area contributed by atoms with E-state index in [0.717, 1.165) is 32.5 Å². The number of aryl methyl sites for hydroxylation is 1. The fraction of sp³-hybridized carbons (Fsp3) is 0.533. The summed E-state index contributed by atoms with van der Waals surface area (Å²) >= 11 is 0. The second kappa shape index (κ2) is 6.15. The van der Waals surface area contributed by atoms with E-state index in [-0.39, 0.29) is 11.7 Å². The standard InChI is InChI=1S/C15H20FNO2/c1-11-9-13(3-4-14(11)16)15(18)17-7-5-12(6-8-17)10-19-2/h3-4,9,12H,5-8,10H2,1-2H3. The average Bonchev–Trinajstić information content (AvgIpc) is 2.42. The van der Waals surface area contributed by atoms with Gasteiger partial charge >= 0.3 is 0 Å². The van der Waals surface area contributed by atoms with Crippen molar-refractivity contribution in [3.8, 4) is 0 Å². The van der Waals surface area contributed by atoms with Gasteiger partial charge in [-0.3, -0.25) is 4.79 Å². The van der Waals surface area contributed by atoms with E-state index in [9.17, 15) is 9.18 Å². The highest BCUT2D eigenvalue weighted by Crippen LogP contribution is 2.20. The number of hydrogen-bond donors (Lipinski definition) is 0. The Labute approximate surface area is 113 Å². The van der Waals surface area contributed by atoms with E-state index < -0.39 is 0 Å². The third-order valence-electron chi connectivity index (χ3n) is 3.71. The largest absolute Gasteiger partial charge is 0.384 e. The summed E-state index contributed by atoms with van der Waals surface area (Å²) in [5, 5.41) is 0. The molecule has 0 saturated carbocycles. The smallest absolute Gasteiger partial charge is 0.253 e. The van der Waals surface area contributed by atoms with Crippen LogP contribution in [0.2, 0.25) is 0 Å². The Hall–Kier alpha value is -1.42. The van der Waals surface area contributed by atoms with Gasteiger partial charge in [0.05, 0.1) is 0 Å². The number of carbonyl (C=O) groups is 1. The number of hydrogen-bond acceptors (Lipinski definition) is 2. The van der Waals surface area contributed by atoms with Gasteiger partial charge in [-0.05, 0) is 49.4 Å². The van der Waals surface area contributed by atoms with Crippen molar-refractivity contribution in [2.24, 2.45) is 5.92 Å². The van der Waals surface area contributed by atoms with Gasteiger partial charge in [-0.15, -0.1) is 0 Å². The number of methoxy groups -OCH3 is 1. The molecule has 2 rings (SSSR count). The first-order valence-corrected chi connectivity index (χ1v) is 6.66. The van der Waals surface area contributed by atoms with Gasteiger partial charge in [-0.25, -0.2) is 4.39 Å². The van der Waals surface area contributed by atoms with E-state index in [1.165, 1.54) is 6.07 Å². The summed E-state index contributed by atoms with van der Waals surface area (Å²) in [6.45, 7) is 3.95. The third kappa shape index (κ3) is 3.32. The maximum Gasteiger partial charge on any atom is 0.253 e. The van der Waals surface area contributed by atoms with Crippen LogP contribution in [0.4, 0.5) is 4.39 Å². The average molecular weight is 265 g/mol. The molecule has 4 heteroatoms. The summed E-state index contributed by atoms with van der Waals surface area (Å²) < 4.78 is 18.3. The molecule has 1 aliphatic rings. The normalized spacial score (nSPS) is 16.7. The summed E-state index contributed by atoms with van der Waals surface area (Å²) in [6.07, 6.45) is 1.94. The Bertz CT molecular complexity index is 453. The zero-order chi connectivity index (χ0) is 13.8. The first kappa shape index (κ1) is 14.0. The van der Waals surface area contributed by atoms with E-state index >= 15 is 0 Å². The van der Waals surface area contributed by atoms with Crippen LogP contribution in [0.25, 0.3) is 0 Å². The molecule has 1 aromatic carbocycles. The topological polar surface area (TPSA) is 29.5 Å². The lowest BCUT2D eigenvalue weighted by Crippen LogP contribution is -2.39. The zero-order valence-corrected chi connectivity index (χ0v) is 11.5. The fourth-order valence-corrected chi connectivity index (χ4v) is 2.50. The summed E-state index contributed by atoms with van der Waals surface area (Å²) in [5.74, 6) is 0.276. The number of likely N-dealkylation sites (tertiary alicyclic amines) is 1. The highest BCUT2D eigenvalue weighted by molar-refractivity contribution is 5.94. The Morgan fingerprint density at radius 1 is 1.42 bits per heavy atom. The van der Waals surface area contributed by atoms with E-state index in [1.807, 2.05) is 4.90 Å². The van der Waals surface area contributed by atoms with Gasteiger partial charge in [0.1, 0.15) is 5.82 Å². The fourth-order valence-electron chi connectivity index (χ4n) is 2.50. The van der Waals surface area contributed by atoms with Crippen LogP contribution in [-0.4, -0.2) is 37.6 Å². The molecule has 19 heavy (non-hydrogen) atoms. The third-order valence-corrected chi connectivity index (χ3v) is 3.71. The van der Waals surface area contributed by atoms with Crippen LogP contribution in [0, 0.1) is 18.7 Å². The van der Waals surface area contributed by atoms with Crippen LogP contribution < -0.4 is 0 Å². The van der Waals surface area contributed by atoms with Crippen molar-refractivity contribution in [3.63, 3.8) is 0 Å². The minimum absolute atomic E-state index is 0.000957. The first-order chi connectivity index (χ1) is 9.11. The quantitative estimate of drug-likeness (QED) is 0.841. The molecule has 0 aliphatic carbocycles. The van der Waals surface area contributed by atoms with Crippen LogP contribution in [0.1, 0.15) is 28.8 Å². The van der Waals surface area contributed by atoms with Gasteiger partial charge in [0.2, 0.25) is 0 Å². The van der Waals surface area contributed by atoms with Crippen molar-refractivity contribution in [2.75, 3.05) is 26.8 Å². The monoisotopic (exact) mass is 265 g/mol. The van der Waals surface area contributed by atoms with E-state index in [0.29, 0.717) is 17.0 Å². The van der Waals surface area contributed by atoms with Gasteiger partial charge in [0.25, 0.3) is 5.91 Å². The molecular weight excluding hydrogens is 245 g/mol. The number of halogens is 1. The summed E-state index contributed by atoms with van der Waals surface area (Å²) in [7, 11) is 1.71. The van der Waals surface area contributed by atoms with Crippen LogP contribution in [0.3, 0.4) is 0 Å². The SMILES string of the molecule is COCC1CCN(C(=O)c2ccc(F)c(C)c2)CC1. The molecule has 3 nitrogen and oxygen atoms in total. The number of carbonyl (C=O) groups excluding carboxylic acids is 1. The molecule has 1 aromatic rings. The number of benzene rings is 1. The minimum atomic E-state index is -0.268. The van der Waals surface area contributed by atoms with Gasteiger partial charge in [0, 0.05) is 32.4 Å².